The van der Waals surface area contributed by atoms with Gasteiger partial charge in [-0.3, -0.25) is 4.79 Å². The van der Waals surface area contributed by atoms with Crippen LogP contribution in [0, 0.1) is 0 Å². The molecule has 1 aliphatic heterocycles. The summed E-state index contributed by atoms with van der Waals surface area (Å²) in [6.07, 6.45) is 0. The van der Waals surface area contributed by atoms with E-state index < -0.39 is 5.97 Å². The smallest absolute Gasteiger partial charge is 0.335 e. The van der Waals surface area contributed by atoms with E-state index in [1.807, 2.05) is 47.0 Å². The first-order valence-corrected chi connectivity index (χ1v) is 8.61. The van der Waals surface area contributed by atoms with Crippen molar-refractivity contribution in [2.75, 3.05) is 24.6 Å². The van der Waals surface area contributed by atoms with Gasteiger partial charge in [0.15, 0.2) is 0 Å². The molecule has 1 aliphatic rings. The van der Waals surface area contributed by atoms with Crippen molar-refractivity contribution in [3.8, 4) is 11.1 Å². The molecule has 0 radical (unpaired) electrons. The molecule has 1 fully saturated rings. The maximum Gasteiger partial charge on any atom is 0.335 e. The summed E-state index contributed by atoms with van der Waals surface area (Å²) in [5.41, 5.74) is 2.54. The topological polar surface area (TPSA) is 57.6 Å². The van der Waals surface area contributed by atoms with Gasteiger partial charge in [0.25, 0.3) is 5.91 Å². The Bertz CT molecular complexity index is 739. The Labute approximate surface area is 139 Å². The number of thioether (sulfide) groups is 1. The van der Waals surface area contributed by atoms with E-state index in [9.17, 15) is 9.59 Å². The van der Waals surface area contributed by atoms with E-state index in [1.54, 1.807) is 18.2 Å². The Hall–Kier alpha value is -2.27. The number of nitrogens with zero attached hydrogens (tertiary/aromatic N) is 1. The van der Waals surface area contributed by atoms with Gasteiger partial charge in [-0.05, 0) is 35.4 Å². The van der Waals surface area contributed by atoms with Gasteiger partial charge in [0, 0.05) is 30.2 Å². The van der Waals surface area contributed by atoms with Gasteiger partial charge in [-0.15, -0.1) is 0 Å². The highest BCUT2D eigenvalue weighted by molar-refractivity contribution is 7.99. The highest BCUT2D eigenvalue weighted by Gasteiger charge is 2.18. The number of rotatable bonds is 3. The Morgan fingerprint density at radius 1 is 0.913 bits per heavy atom. The molecule has 0 atom stereocenters. The van der Waals surface area contributed by atoms with Crippen molar-refractivity contribution in [3.63, 3.8) is 0 Å². The van der Waals surface area contributed by atoms with Crippen molar-refractivity contribution in [1.82, 2.24) is 4.90 Å². The first-order chi connectivity index (χ1) is 11.1. The van der Waals surface area contributed by atoms with Crippen molar-refractivity contribution < 1.29 is 14.7 Å². The first kappa shape index (κ1) is 15.6. The van der Waals surface area contributed by atoms with Crippen molar-refractivity contribution in [2.45, 2.75) is 0 Å². The van der Waals surface area contributed by atoms with Crippen LogP contribution in [0.25, 0.3) is 11.1 Å². The van der Waals surface area contributed by atoms with Crippen LogP contribution in [0.3, 0.4) is 0 Å². The Morgan fingerprint density at radius 3 is 2.09 bits per heavy atom. The lowest BCUT2D eigenvalue weighted by molar-refractivity contribution is 0.0696. The fourth-order valence-corrected chi connectivity index (χ4v) is 3.52. The Morgan fingerprint density at radius 2 is 1.48 bits per heavy atom. The van der Waals surface area contributed by atoms with Gasteiger partial charge >= 0.3 is 5.97 Å². The maximum absolute atomic E-state index is 12.6. The molecule has 0 saturated carbocycles. The van der Waals surface area contributed by atoms with Crippen molar-refractivity contribution in [2.24, 2.45) is 0 Å². The van der Waals surface area contributed by atoms with Gasteiger partial charge < -0.3 is 10.0 Å². The molecule has 1 saturated heterocycles. The molecule has 0 bridgehead atoms. The lowest BCUT2D eigenvalue weighted by atomic mass is 10.0. The van der Waals surface area contributed by atoms with Crippen LogP contribution in [0.4, 0.5) is 0 Å². The molecule has 1 amide bonds. The van der Waals surface area contributed by atoms with Crippen molar-refractivity contribution in [1.29, 1.82) is 0 Å². The van der Waals surface area contributed by atoms with Crippen LogP contribution in [-0.4, -0.2) is 46.5 Å². The summed E-state index contributed by atoms with van der Waals surface area (Å²) in [5, 5.41) is 9.11. The predicted molar refractivity (Wildman–Crippen MR) is 92.1 cm³/mol. The molecule has 2 aromatic carbocycles. The first-order valence-electron chi connectivity index (χ1n) is 7.46. The van der Waals surface area contributed by atoms with E-state index in [1.165, 1.54) is 0 Å². The summed E-state index contributed by atoms with van der Waals surface area (Å²) in [4.78, 5) is 25.6. The molecule has 5 heteroatoms. The molecule has 118 valence electrons. The molecule has 1 heterocycles. The molecular formula is C18H17NO3S. The van der Waals surface area contributed by atoms with Crippen LogP contribution < -0.4 is 0 Å². The van der Waals surface area contributed by atoms with Gasteiger partial charge in [0.2, 0.25) is 0 Å². The summed E-state index contributed by atoms with van der Waals surface area (Å²) >= 11 is 1.87. The molecule has 3 rings (SSSR count). The third kappa shape index (κ3) is 3.56. The summed E-state index contributed by atoms with van der Waals surface area (Å²) in [7, 11) is 0. The number of carboxylic acid groups (broad SMARTS) is 1. The average molecular weight is 327 g/mol. The molecule has 2 aromatic rings. The molecule has 0 aromatic heterocycles. The van der Waals surface area contributed by atoms with Gasteiger partial charge in [0.05, 0.1) is 5.56 Å². The second-order valence-electron chi connectivity index (χ2n) is 5.37. The highest BCUT2D eigenvalue weighted by atomic mass is 32.2. The van der Waals surface area contributed by atoms with E-state index in [4.69, 9.17) is 5.11 Å². The lowest BCUT2D eigenvalue weighted by Gasteiger charge is -2.26. The number of hydrogen-bond acceptors (Lipinski definition) is 3. The van der Waals surface area contributed by atoms with E-state index in [0.717, 1.165) is 35.7 Å². The summed E-state index contributed by atoms with van der Waals surface area (Å²) in [5.74, 6) is 1.05. The quantitative estimate of drug-likeness (QED) is 0.940. The van der Waals surface area contributed by atoms with Gasteiger partial charge in [-0.1, -0.05) is 24.3 Å². The number of carboxylic acids is 1. The number of amides is 1. The maximum atomic E-state index is 12.6. The Balaban J connectivity index is 1.89. The minimum atomic E-state index is -0.954. The second kappa shape index (κ2) is 6.87. The number of carbonyl (C=O) groups excluding carboxylic acids is 1. The van der Waals surface area contributed by atoms with Crippen LogP contribution in [-0.2, 0) is 0 Å². The monoisotopic (exact) mass is 327 g/mol. The van der Waals surface area contributed by atoms with E-state index >= 15 is 0 Å². The van der Waals surface area contributed by atoms with Crippen LogP contribution in [0.5, 0.6) is 0 Å². The van der Waals surface area contributed by atoms with Gasteiger partial charge in [-0.2, -0.15) is 11.8 Å². The molecular weight excluding hydrogens is 310 g/mol. The summed E-state index contributed by atoms with van der Waals surface area (Å²) < 4.78 is 0. The number of hydrogen-bond donors (Lipinski definition) is 1. The normalized spacial score (nSPS) is 14.5. The van der Waals surface area contributed by atoms with E-state index in [2.05, 4.69) is 0 Å². The fraction of sp³-hybridized carbons (Fsp3) is 0.222. The molecule has 23 heavy (non-hydrogen) atoms. The summed E-state index contributed by atoms with van der Waals surface area (Å²) in [6, 6.07) is 14.1. The summed E-state index contributed by atoms with van der Waals surface area (Å²) in [6.45, 7) is 1.56. The molecule has 1 N–H and O–H groups in total. The zero-order chi connectivity index (χ0) is 16.2. The highest BCUT2D eigenvalue weighted by Crippen LogP contribution is 2.23. The van der Waals surface area contributed by atoms with Crippen molar-refractivity contribution in [3.05, 3.63) is 59.7 Å². The number of benzene rings is 2. The third-order valence-corrected chi connectivity index (χ3v) is 4.79. The van der Waals surface area contributed by atoms with Crippen LogP contribution in [0.15, 0.2) is 48.5 Å². The molecule has 0 aliphatic carbocycles. The zero-order valence-corrected chi connectivity index (χ0v) is 13.4. The average Bonchev–Trinajstić information content (AvgIpc) is 2.62. The largest absolute Gasteiger partial charge is 0.478 e. The SMILES string of the molecule is O=C(O)c1cccc(-c2cccc(C(=O)N3CCSCC3)c2)c1. The number of carbonyl (C=O) groups is 2. The Kier molecular flexibility index (Phi) is 4.67. The second-order valence-corrected chi connectivity index (χ2v) is 6.60. The fourth-order valence-electron chi connectivity index (χ4n) is 2.61. The minimum Gasteiger partial charge on any atom is -0.478 e. The zero-order valence-electron chi connectivity index (χ0n) is 12.6. The van der Waals surface area contributed by atoms with Crippen molar-refractivity contribution >= 4 is 23.6 Å². The van der Waals surface area contributed by atoms with E-state index in [-0.39, 0.29) is 11.5 Å². The molecule has 0 unspecified atom stereocenters. The van der Waals surface area contributed by atoms with Gasteiger partial charge in [-0.25, -0.2) is 4.79 Å². The standard InChI is InChI=1S/C18H17NO3S/c20-17(19-7-9-23-10-8-19)15-5-1-3-13(11-15)14-4-2-6-16(12-14)18(21)22/h1-6,11-12H,7-10H2,(H,21,22). The minimum absolute atomic E-state index is 0.0431. The third-order valence-electron chi connectivity index (χ3n) is 3.85. The molecule has 4 nitrogen and oxygen atoms in total. The van der Waals surface area contributed by atoms with Crippen LogP contribution in [0.1, 0.15) is 20.7 Å². The lowest BCUT2D eigenvalue weighted by Crippen LogP contribution is -2.37. The number of aromatic carboxylic acids is 1. The molecule has 0 spiro atoms. The van der Waals surface area contributed by atoms with Crippen LogP contribution >= 0.6 is 11.8 Å². The van der Waals surface area contributed by atoms with Gasteiger partial charge in [0.1, 0.15) is 0 Å². The van der Waals surface area contributed by atoms with Crippen LogP contribution in [0.2, 0.25) is 0 Å². The van der Waals surface area contributed by atoms with E-state index in [0.29, 0.717) is 5.56 Å². The predicted octanol–water partition coefficient (Wildman–Crippen LogP) is 3.24.